The van der Waals surface area contributed by atoms with Gasteiger partial charge in [0, 0.05) is 11.4 Å². The maximum absolute atomic E-state index is 13.0. The summed E-state index contributed by atoms with van der Waals surface area (Å²) in [5.41, 5.74) is 0. The van der Waals surface area contributed by atoms with Gasteiger partial charge in [-0.1, -0.05) is 25.1 Å². The van der Waals surface area contributed by atoms with E-state index in [1.165, 1.54) is 23.9 Å². The predicted molar refractivity (Wildman–Crippen MR) is 73.6 cm³/mol. The molecular weight excluding hydrogens is 265 g/mol. The molecule has 2 aromatic rings. The summed E-state index contributed by atoms with van der Waals surface area (Å²) in [4.78, 5) is 5.06. The van der Waals surface area contributed by atoms with Crippen molar-refractivity contribution < 1.29 is 8.91 Å². The van der Waals surface area contributed by atoms with Gasteiger partial charge in [-0.05, 0) is 24.1 Å². The second-order valence-electron chi connectivity index (χ2n) is 4.54. The quantitative estimate of drug-likeness (QED) is 0.820. The number of anilines is 1. The van der Waals surface area contributed by atoms with Crippen molar-refractivity contribution in [2.24, 2.45) is 5.92 Å². The third kappa shape index (κ3) is 4.55. The first kappa shape index (κ1) is 13.9. The van der Waals surface area contributed by atoms with Crippen molar-refractivity contribution in [1.29, 1.82) is 0 Å². The summed E-state index contributed by atoms with van der Waals surface area (Å²) < 4.78 is 18.1. The molecule has 1 N–H and O–H groups in total. The van der Waals surface area contributed by atoms with Gasteiger partial charge in [0.2, 0.25) is 0 Å². The lowest BCUT2D eigenvalue weighted by Crippen LogP contribution is -2.07. The first-order valence-electron chi connectivity index (χ1n) is 6.08. The van der Waals surface area contributed by atoms with Gasteiger partial charge in [0.05, 0.1) is 5.75 Å². The number of nitrogens with zero attached hydrogens (tertiary/aromatic N) is 2. The van der Waals surface area contributed by atoms with E-state index in [1.54, 1.807) is 6.07 Å². The van der Waals surface area contributed by atoms with E-state index in [9.17, 15) is 4.39 Å². The Morgan fingerprint density at radius 1 is 1.42 bits per heavy atom. The van der Waals surface area contributed by atoms with Gasteiger partial charge in [-0.2, -0.15) is 4.98 Å². The van der Waals surface area contributed by atoms with E-state index >= 15 is 0 Å². The van der Waals surface area contributed by atoms with Crippen LogP contribution in [-0.4, -0.2) is 16.7 Å². The zero-order chi connectivity index (χ0) is 13.7. The third-order valence-electron chi connectivity index (χ3n) is 2.29. The number of benzene rings is 1. The van der Waals surface area contributed by atoms with Gasteiger partial charge in [-0.15, -0.1) is 11.8 Å². The highest BCUT2D eigenvalue weighted by Crippen LogP contribution is 2.22. The summed E-state index contributed by atoms with van der Waals surface area (Å²) >= 11 is 1.47. The van der Waals surface area contributed by atoms with Crippen LogP contribution in [0.4, 0.5) is 10.4 Å². The molecule has 0 radical (unpaired) electrons. The largest absolute Gasteiger partial charge is 0.337 e. The number of aromatic nitrogens is 2. The van der Waals surface area contributed by atoms with E-state index in [0.29, 0.717) is 23.5 Å². The lowest BCUT2D eigenvalue weighted by molar-refractivity contribution is 0.423. The average molecular weight is 281 g/mol. The molecular formula is C13H16FN3OS. The van der Waals surface area contributed by atoms with Crippen LogP contribution in [0.5, 0.6) is 0 Å². The van der Waals surface area contributed by atoms with E-state index in [-0.39, 0.29) is 5.82 Å². The maximum Gasteiger partial charge on any atom is 0.321 e. The van der Waals surface area contributed by atoms with Crippen LogP contribution in [0.3, 0.4) is 0 Å². The molecule has 0 fully saturated rings. The van der Waals surface area contributed by atoms with Gasteiger partial charge in [-0.3, -0.25) is 0 Å². The Balaban J connectivity index is 1.86. The number of hydrogen-bond donors (Lipinski definition) is 1. The first-order chi connectivity index (χ1) is 9.13. The van der Waals surface area contributed by atoms with E-state index in [1.807, 2.05) is 6.07 Å². The Morgan fingerprint density at radius 3 is 3.00 bits per heavy atom. The smallest absolute Gasteiger partial charge is 0.321 e. The number of thioether (sulfide) groups is 1. The summed E-state index contributed by atoms with van der Waals surface area (Å²) in [7, 11) is 0. The van der Waals surface area contributed by atoms with Crippen LogP contribution in [0.2, 0.25) is 0 Å². The summed E-state index contributed by atoms with van der Waals surface area (Å²) in [5.74, 6) is 1.42. The van der Waals surface area contributed by atoms with Gasteiger partial charge < -0.3 is 9.84 Å². The SMILES string of the molecule is CC(C)CNc1nc(CSc2cccc(F)c2)no1. The Labute approximate surface area is 115 Å². The molecule has 4 nitrogen and oxygen atoms in total. The minimum Gasteiger partial charge on any atom is -0.337 e. The molecule has 0 unspecified atom stereocenters. The molecule has 1 heterocycles. The zero-order valence-electron chi connectivity index (χ0n) is 10.9. The Morgan fingerprint density at radius 2 is 2.26 bits per heavy atom. The van der Waals surface area contributed by atoms with Crippen molar-refractivity contribution >= 4 is 17.8 Å². The summed E-state index contributed by atoms with van der Waals surface area (Å²) in [6, 6.07) is 6.88. The van der Waals surface area contributed by atoms with Crippen molar-refractivity contribution in [1.82, 2.24) is 10.1 Å². The topological polar surface area (TPSA) is 51.0 Å². The van der Waals surface area contributed by atoms with Crippen LogP contribution >= 0.6 is 11.8 Å². The molecule has 0 aliphatic rings. The fraction of sp³-hybridized carbons (Fsp3) is 0.385. The summed E-state index contributed by atoms with van der Waals surface area (Å²) in [6.45, 7) is 4.99. The number of nitrogens with one attached hydrogen (secondary N) is 1. The van der Waals surface area contributed by atoms with Gasteiger partial charge in [0.25, 0.3) is 0 Å². The zero-order valence-corrected chi connectivity index (χ0v) is 11.7. The molecule has 0 saturated carbocycles. The van der Waals surface area contributed by atoms with Crippen molar-refractivity contribution in [3.8, 4) is 0 Å². The van der Waals surface area contributed by atoms with Crippen molar-refractivity contribution in [2.45, 2.75) is 24.5 Å². The van der Waals surface area contributed by atoms with E-state index in [2.05, 4.69) is 29.3 Å². The fourth-order valence-electron chi connectivity index (χ4n) is 1.38. The number of hydrogen-bond acceptors (Lipinski definition) is 5. The monoisotopic (exact) mass is 281 g/mol. The molecule has 1 aromatic heterocycles. The van der Waals surface area contributed by atoms with Crippen LogP contribution in [-0.2, 0) is 5.75 Å². The van der Waals surface area contributed by atoms with E-state index < -0.39 is 0 Å². The molecule has 0 bridgehead atoms. The maximum atomic E-state index is 13.0. The molecule has 0 spiro atoms. The van der Waals surface area contributed by atoms with Crippen LogP contribution in [0.15, 0.2) is 33.7 Å². The van der Waals surface area contributed by atoms with Crippen molar-refractivity contribution in [3.05, 3.63) is 35.9 Å². The second-order valence-corrected chi connectivity index (χ2v) is 5.59. The molecule has 0 aliphatic heterocycles. The molecule has 6 heteroatoms. The molecule has 0 amide bonds. The van der Waals surface area contributed by atoms with E-state index in [4.69, 9.17) is 4.52 Å². The van der Waals surface area contributed by atoms with Crippen LogP contribution in [0.25, 0.3) is 0 Å². The highest BCUT2D eigenvalue weighted by molar-refractivity contribution is 7.98. The normalized spacial score (nSPS) is 10.9. The highest BCUT2D eigenvalue weighted by Gasteiger charge is 2.07. The van der Waals surface area contributed by atoms with Gasteiger partial charge in [0.1, 0.15) is 5.82 Å². The molecule has 2 rings (SSSR count). The van der Waals surface area contributed by atoms with Crippen LogP contribution in [0, 0.1) is 11.7 Å². The van der Waals surface area contributed by atoms with Crippen molar-refractivity contribution in [2.75, 3.05) is 11.9 Å². The van der Waals surface area contributed by atoms with E-state index in [0.717, 1.165) is 11.4 Å². The molecule has 0 saturated heterocycles. The minimum absolute atomic E-state index is 0.239. The summed E-state index contributed by atoms with van der Waals surface area (Å²) in [5, 5.41) is 6.93. The molecule has 102 valence electrons. The molecule has 0 aliphatic carbocycles. The summed E-state index contributed by atoms with van der Waals surface area (Å²) in [6.07, 6.45) is 0. The Hall–Kier alpha value is -1.56. The van der Waals surface area contributed by atoms with Gasteiger partial charge in [0.15, 0.2) is 5.82 Å². The molecule has 0 atom stereocenters. The molecule has 19 heavy (non-hydrogen) atoms. The first-order valence-corrected chi connectivity index (χ1v) is 7.07. The van der Waals surface area contributed by atoms with Gasteiger partial charge >= 0.3 is 6.01 Å². The predicted octanol–water partition coefficient (Wildman–Crippen LogP) is 3.57. The fourth-order valence-corrected chi connectivity index (χ4v) is 2.16. The second kappa shape index (κ2) is 6.56. The lowest BCUT2D eigenvalue weighted by atomic mass is 10.2. The standard InChI is InChI=1S/C13H16FN3OS/c1-9(2)7-15-13-16-12(17-18-13)8-19-11-5-3-4-10(14)6-11/h3-6,9H,7-8H2,1-2H3,(H,15,16,17). The van der Waals surface area contributed by atoms with Crippen molar-refractivity contribution in [3.63, 3.8) is 0 Å². The number of rotatable bonds is 6. The Kier molecular flexibility index (Phi) is 4.79. The van der Waals surface area contributed by atoms with Crippen LogP contribution < -0.4 is 5.32 Å². The lowest BCUT2D eigenvalue weighted by Gasteiger charge is -2.02. The Bertz CT molecular complexity index is 530. The van der Waals surface area contributed by atoms with Gasteiger partial charge in [-0.25, -0.2) is 4.39 Å². The molecule has 1 aromatic carbocycles. The highest BCUT2D eigenvalue weighted by atomic mass is 32.2. The number of halogens is 1. The average Bonchev–Trinajstić information content (AvgIpc) is 2.82. The van der Waals surface area contributed by atoms with Crippen LogP contribution in [0.1, 0.15) is 19.7 Å². The third-order valence-corrected chi connectivity index (χ3v) is 3.28. The minimum atomic E-state index is -0.239.